The molecule has 0 N–H and O–H groups in total. The molecule has 0 radical (unpaired) electrons. The van der Waals surface area contributed by atoms with Crippen LogP contribution in [0.15, 0.2) is 36.5 Å². The molecule has 1 saturated carbocycles. The van der Waals surface area contributed by atoms with Crippen LogP contribution >= 0.6 is 0 Å². The van der Waals surface area contributed by atoms with Crippen LogP contribution in [0.25, 0.3) is 0 Å². The van der Waals surface area contributed by atoms with Crippen molar-refractivity contribution in [1.29, 1.82) is 0 Å². The van der Waals surface area contributed by atoms with Crippen LogP contribution in [0, 0.1) is 12.8 Å². The number of rotatable bonds is 6. The molecular weight excluding hydrogens is 338 g/mol. The first kappa shape index (κ1) is 18.1. The van der Waals surface area contributed by atoms with Gasteiger partial charge in [0.25, 0.3) is 5.91 Å². The number of para-hydroxylation sites is 1. The summed E-state index contributed by atoms with van der Waals surface area (Å²) in [5.41, 5.74) is 1.27. The molecule has 0 atom stereocenters. The standard InChI is InChI=1S/C22H29N3O2/c1-17-14-23-22(19-6-5-7-19)25(17)15-18-10-12-24(13-11-18)21(26)16-27-20-8-3-2-4-9-20/h2-4,8-9,14,18-19H,5-7,10-13,15-16H2,1H3. The van der Waals surface area contributed by atoms with Crippen LogP contribution in [0.2, 0.25) is 0 Å². The molecular formula is C22H29N3O2. The molecule has 2 fully saturated rings. The van der Waals surface area contributed by atoms with E-state index in [9.17, 15) is 4.79 Å². The van der Waals surface area contributed by atoms with Crippen LogP contribution in [-0.4, -0.2) is 40.1 Å². The van der Waals surface area contributed by atoms with Gasteiger partial charge in [0.05, 0.1) is 0 Å². The lowest BCUT2D eigenvalue weighted by Gasteiger charge is -2.33. The number of aryl methyl sites for hydroxylation is 1. The Kier molecular flexibility index (Phi) is 5.46. The number of imidazole rings is 1. The van der Waals surface area contributed by atoms with Gasteiger partial charge in [0, 0.05) is 37.4 Å². The molecule has 0 spiro atoms. The third-order valence-electron chi connectivity index (χ3n) is 6.07. The summed E-state index contributed by atoms with van der Waals surface area (Å²) in [6.45, 7) is 4.98. The molecule has 2 aliphatic rings. The van der Waals surface area contributed by atoms with E-state index in [1.54, 1.807) is 0 Å². The zero-order valence-electron chi connectivity index (χ0n) is 16.1. The summed E-state index contributed by atoms with van der Waals surface area (Å²) in [5.74, 6) is 3.41. The first-order chi connectivity index (χ1) is 13.2. The van der Waals surface area contributed by atoms with Gasteiger partial charge in [-0.3, -0.25) is 4.79 Å². The van der Waals surface area contributed by atoms with Gasteiger partial charge in [-0.1, -0.05) is 24.6 Å². The topological polar surface area (TPSA) is 47.4 Å². The second-order valence-corrected chi connectivity index (χ2v) is 7.92. The second-order valence-electron chi connectivity index (χ2n) is 7.92. The number of benzene rings is 1. The highest BCUT2D eigenvalue weighted by atomic mass is 16.5. The molecule has 1 aromatic carbocycles. The maximum atomic E-state index is 12.4. The van der Waals surface area contributed by atoms with Crippen LogP contribution in [-0.2, 0) is 11.3 Å². The van der Waals surface area contributed by atoms with Crippen LogP contribution in [0.1, 0.15) is 49.5 Å². The van der Waals surface area contributed by atoms with Gasteiger partial charge in [0.15, 0.2) is 6.61 Å². The third-order valence-corrected chi connectivity index (χ3v) is 6.07. The Morgan fingerprint density at radius 3 is 2.56 bits per heavy atom. The molecule has 4 rings (SSSR count). The average Bonchev–Trinajstić information content (AvgIpc) is 3.00. The van der Waals surface area contributed by atoms with Crippen molar-refractivity contribution < 1.29 is 9.53 Å². The fraction of sp³-hybridized carbons (Fsp3) is 0.545. The molecule has 2 heterocycles. The normalized spacial score (nSPS) is 18.3. The maximum absolute atomic E-state index is 12.4. The molecule has 1 saturated heterocycles. The minimum atomic E-state index is 0.0891. The number of hydrogen-bond acceptors (Lipinski definition) is 3. The number of amides is 1. The highest BCUT2D eigenvalue weighted by Gasteiger charge is 2.28. The summed E-state index contributed by atoms with van der Waals surface area (Å²) in [7, 11) is 0. The van der Waals surface area contributed by atoms with Crippen molar-refractivity contribution in [2.45, 2.75) is 51.5 Å². The van der Waals surface area contributed by atoms with Crippen molar-refractivity contribution in [2.24, 2.45) is 5.92 Å². The minimum Gasteiger partial charge on any atom is -0.484 e. The van der Waals surface area contributed by atoms with Crippen molar-refractivity contribution in [2.75, 3.05) is 19.7 Å². The quantitative estimate of drug-likeness (QED) is 0.781. The lowest BCUT2D eigenvalue weighted by atomic mass is 9.84. The van der Waals surface area contributed by atoms with Gasteiger partial charge >= 0.3 is 0 Å². The summed E-state index contributed by atoms with van der Waals surface area (Å²) in [4.78, 5) is 19.1. The van der Waals surface area contributed by atoms with E-state index in [2.05, 4.69) is 16.5 Å². The molecule has 5 heteroatoms. The largest absolute Gasteiger partial charge is 0.484 e. The Balaban J connectivity index is 1.27. The molecule has 27 heavy (non-hydrogen) atoms. The monoisotopic (exact) mass is 367 g/mol. The van der Waals surface area contributed by atoms with E-state index in [4.69, 9.17) is 4.74 Å². The summed E-state index contributed by atoms with van der Waals surface area (Å²) < 4.78 is 8.04. The van der Waals surface area contributed by atoms with Crippen LogP contribution < -0.4 is 4.74 Å². The predicted octanol–water partition coefficient (Wildman–Crippen LogP) is 3.78. The zero-order valence-corrected chi connectivity index (χ0v) is 16.1. The summed E-state index contributed by atoms with van der Waals surface area (Å²) in [5, 5.41) is 0. The van der Waals surface area contributed by atoms with Gasteiger partial charge in [-0.05, 0) is 50.7 Å². The Labute approximate surface area is 161 Å². The summed E-state index contributed by atoms with van der Waals surface area (Å²) in [6, 6.07) is 9.54. The van der Waals surface area contributed by atoms with Crippen molar-refractivity contribution in [3.8, 4) is 5.75 Å². The van der Waals surface area contributed by atoms with E-state index in [-0.39, 0.29) is 12.5 Å². The number of aromatic nitrogens is 2. The number of piperidine rings is 1. The highest BCUT2D eigenvalue weighted by molar-refractivity contribution is 5.77. The highest BCUT2D eigenvalue weighted by Crippen LogP contribution is 2.36. The molecule has 0 unspecified atom stereocenters. The third kappa shape index (κ3) is 4.18. The van der Waals surface area contributed by atoms with Gasteiger partial charge in [-0.2, -0.15) is 0 Å². The molecule has 2 aromatic rings. The van der Waals surface area contributed by atoms with Crippen LogP contribution in [0.4, 0.5) is 0 Å². The van der Waals surface area contributed by atoms with Gasteiger partial charge in [0.1, 0.15) is 11.6 Å². The Morgan fingerprint density at radius 2 is 1.89 bits per heavy atom. The average molecular weight is 367 g/mol. The van der Waals surface area contributed by atoms with Crippen molar-refractivity contribution >= 4 is 5.91 Å². The Hall–Kier alpha value is -2.30. The number of carbonyl (C=O) groups excluding carboxylic acids is 1. The Morgan fingerprint density at radius 1 is 1.15 bits per heavy atom. The van der Waals surface area contributed by atoms with E-state index in [1.807, 2.05) is 41.4 Å². The molecule has 1 aliphatic carbocycles. The maximum Gasteiger partial charge on any atom is 0.260 e. The predicted molar refractivity (Wildman–Crippen MR) is 105 cm³/mol. The molecule has 1 amide bonds. The van der Waals surface area contributed by atoms with Gasteiger partial charge in [0.2, 0.25) is 0 Å². The summed E-state index contributed by atoms with van der Waals surface area (Å²) >= 11 is 0. The second kappa shape index (κ2) is 8.15. The van der Waals surface area contributed by atoms with E-state index in [1.165, 1.54) is 30.8 Å². The number of nitrogens with zero attached hydrogens (tertiary/aromatic N) is 3. The van der Waals surface area contributed by atoms with E-state index in [0.717, 1.165) is 38.2 Å². The number of likely N-dealkylation sites (tertiary alicyclic amines) is 1. The van der Waals surface area contributed by atoms with Crippen molar-refractivity contribution in [3.05, 3.63) is 48.0 Å². The van der Waals surface area contributed by atoms with Crippen LogP contribution in [0.3, 0.4) is 0 Å². The molecule has 0 bridgehead atoms. The van der Waals surface area contributed by atoms with Crippen molar-refractivity contribution in [3.63, 3.8) is 0 Å². The SMILES string of the molecule is Cc1cnc(C2CCC2)n1CC1CCN(C(=O)COc2ccccc2)CC1. The summed E-state index contributed by atoms with van der Waals surface area (Å²) in [6.07, 6.45) is 8.03. The fourth-order valence-corrected chi connectivity index (χ4v) is 4.09. The van der Waals surface area contributed by atoms with Gasteiger partial charge in [-0.15, -0.1) is 0 Å². The lowest BCUT2D eigenvalue weighted by Crippen LogP contribution is -2.41. The minimum absolute atomic E-state index is 0.0891. The van der Waals surface area contributed by atoms with Gasteiger partial charge < -0.3 is 14.2 Å². The first-order valence-electron chi connectivity index (χ1n) is 10.2. The van der Waals surface area contributed by atoms with E-state index >= 15 is 0 Å². The van der Waals surface area contributed by atoms with E-state index < -0.39 is 0 Å². The molecule has 5 nitrogen and oxygen atoms in total. The zero-order chi connectivity index (χ0) is 18.6. The van der Waals surface area contributed by atoms with E-state index in [0.29, 0.717) is 11.8 Å². The van der Waals surface area contributed by atoms with Crippen molar-refractivity contribution in [1.82, 2.24) is 14.5 Å². The molecule has 1 aromatic heterocycles. The smallest absolute Gasteiger partial charge is 0.260 e. The number of hydrogen-bond donors (Lipinski definition) is 0. The lowest BCUT2D eigenvalue weighted by molar-refractivity contribution is -0.134. The first-order valence-corrected chi connectivity index (χ1v) is 10.2. The van der Waals surface area contributed by atoms with Crippen LogP contribution in [0.5, 0.6) is 5.75 Å². The number of ether oxygens (including phenoxy) is 1. The Bertz CT molecular complexity index is 759. The van der Waals surface area contributed by atoms with Gasteiger partial charge in [-0.25, -0.2) is 4.98 Å². The molecule has 144 valence electrons. The number of carbonyl (C=O) groups is 1. The fourth-order valence-electron chi connectivity index (χ4n) is 4.09. The molecule has 1 aliphatic heterocycles.